The van der Waals surface area contributed by atoms with Crippen molar-refractivity contribution >= 4 is 41.0 Å². The van der Waals surface area contributed by atoms with Crippen molar-refractivity contribution in [3.8, 4) is 0 Å². The number of esters is 1. The number of amides is 2. The van der Waals surface area contributed by atoms with Gasteiger partial charge in [-0.05, 0) is 18.2 Å². The van der Waals surface area contributed by atoms with E-state index in [4.69, 9.17) is 23.2 Å². The largest absolute Gasteiger partial charge is 0.469 e. The van der Waals surface area contributed by atoms with Crippen molar-refractivity contribution in [2.75, 3.05) is 20.2 Å². The summed E-state index contributed by atoms with van der Waals surface area (Å²) in [6.45, 7) is 0.604. The minimum atomic E-state index is -0.911. The Labute approximate surface area is 137 Å². The quantitative estimate of drug-likeness (QED) is 0.843. The molecule has 1 aliphatic rings. The lowest BCUT2D eigenvalue weighted by molar-refractivity contribution is -0.145. The predicted molar refractivity (Wildman–Crippen MR) is 80.9 cm³/mol. The van der Waals surface area contributed by atoms with E-state index in [9.17, 15) is 14.4 Å². The predicted octanol–water partition coefficient (Wildman–Crippen LogP) is 1.50. The lowest BCUT2D eigenvalue weighted by atomic mass is 10.1. The summed E-state index contributed by atoms with van der Waals surface area (Å²) >= 11 is 11.8. The molecule has 1 aliphatic heterocycles. The third-order valence-corrected chi connectivity index (χ3v) is 3.73. The van der Waals surface area contributed by atoms with Crippen LogP contribution in [0, 0.1) is 0 Å². The van der Waals surface area contributed by atoms with E-state index in [1.807, 2.05) is 0 Å². The Balaban J connectivity index is 2.28. The van der Waals surface area contributed by atoms with Crippen LogP contribution in [0.25, 0.3) is 0 Å². The molecular weight excluding hydrogens is 331 g/mol. The molecule has 1 unspecified atom stereocenters. The number of carbonyl (C=O) groups is 3. The van der Waals surface area contributed by atoms with E-state index >= 15 is 0 Å². The second-order valence-corrected chi connectivity index (χ2v) is 5.62. The summed E-state index contributed by atoms with van der Waals surface area (Å²) in [7, 11) is 1.23. The molecule has 8 heteroatoms. The highest BCUT2D eigenvalue weighted by molar-refractivity contribution is 6.35. The smallest absolute Gasteiger partial charge is 0.308 e. The molecule has 0 aromatic heterocycles. The summed E-state index contributed by atoms with van der Waals surface area (Å²) in [5.41, 5.74) is 0.266. The number of nitrogens with zero attached hydrogens (tertiary/aromatic N) is 1. The van der Waals surface area contributed by atoms with Crippen LogP contribution in [0.5, 0.6) is 0 Å². The zero-order chi connectivity index (χ0) is 16.3. The lowest BCUT2D eigenvalue weighted by Gasteiger charge is -2.34. The molecule has 2 rings (SSSR count). The van der Waals surface area contributed by atoms with Crippen LogP contribution < -0.4 is 5.32 Å². The number of piperazine rings is 1. The van der Waals surface area contributed by atoms with Crippen LogP contribution in [0.2, 0.25) is 10.0 Å². The summed E-state index contributed by atoms with van der Waals surface area (Å²) < 4.78 is 4.57. The Bertz CT molecular complexity index is 601. The molecule has 0 spiro atoms. The fourth-order valence-corrected chi connectivity index (χ4v) is 2.77. The first-order valence-electron chi connectivity index (χ1n) is 6.54. The second kappa shape index (κ2) is 6.98. The monoisotopic (exact) mass is 344 g/mol. The maximum absolute atomic E-state index is 12.6. The van der Waals surface area contributed by atoms with Crippen molar-refractivity contribution < 1.29 is 19.1 Å². The number of hydrogen-bond acceptors (Lipinski definition) is 4. The Kier molecular flexibility index (Phi) is 5.26. The van der Waals surface area contributed by atoms with E-state index in [1.165, 1.54) is 30.2 Å². The fraction of sp³-hybridized carbons (Fsp3) is 0.357. The van der Waals surface area contributed by atoms with Gasteiger partial charge >= 0.3 is 5.97 Å². The van der Waals surface area contributed by atoms with E-state index in [0.717, 1.165) is 0 Å². The third kappa shape index (κ3) is 3.69. The Morgan fingerprint density at radius 3 is 2.55 bits per heavy atom. The topological polar surface area (TPSA) is 75.7 Å². The van der Waals surface area contributed by atoms with E-state index in [1.54, 1.807) is 0 Å². The van der Waals surface area contributed by atoms with Gasteiger partial charge < -0.3 is 15.0 Å². The minimum Gasteiger partial charge on any atom is -0.469 e. The van der Waals surface area contributed by atoms with Crippen molar-refractivity contribution in [3.63, 3.8) is 0 Å². The zero-order valence-electron chi connectivity index (χ0n) is 11.8. The molecular formula is C14H14Cl2N2O4. The van der Waals surface area contributed by atoms with Gasteiger partial charge in [0.05, 0.1) is 13.5 Å². The van der Waals surface area contributed by atoms with E-state index in [0.29, 0.717) is 16.6 Å². The first-order valence-corrected chi connectivity index (χ1v) is 7.29. The Morgan fingerprint density at radius 2 is 1.95 bits per heavy atom. The molecule has 0 saturated carbocycles. The van der Waals surface area contributed by atoms with Gasteiger partial charge in [0.1, 0.15) is 6.04 Å². The number of ether oxygens (including phenoxy) is 1. The summed E-state index contributed by atoms with van der Waals surface area (Å²) in [5, 5.41) is 3.27. The highest BCUT2D eigenvalue weighted by atomic mass is 35.5. The van der Waals surface area contributed by atoms with Crippen molar-refractivity contribution in [3.05, 3.63) is 33.8 Å². The molecule has 0 bridgehead atoms. The maximum atomic E-state index is 12.6. The van der Waals surface area contributed by atoms with Crippen molar-refractivity contribution in [2.45, 2.75) is 12.5 Å². The van der Waals surface area contributed by atoms with Crippen molar-refractivity contribution in [1.29, 1.82) is 0 Å². The SMILES string of the molecule is COC(=O)CC1C(=O)NCCN1C(=O)c1cc(Cl)cc(Cl)c1. The number of rotatable bonds is 3. The molecule has 0 radical (unpaired) electrons. The molecule has 1 saturated heterocycles. The van der Waals surface area contributed by atoms with Gasteiger partial charge in [0.25, 0.3) is 5.91 Å². The molecule has 1 heterocycles. The molecule has 0 aliphatic carbocycles. The number of nitrogens with one attached hydrogen (secondary N) is 1. The number of hydrogen-bond donors (Lipinski definition) is 1. The zero-order valence-corrected chi connectivity index (χ0v) is 13.3. The molecule has 118 valence electrons. The van der Waals surface area contributed by atoms with E-state index in [2.05, 4.69) is 10.1 Å². The Hall–Kier alpha value is -1.79. The third-order valence-electron chi connectivity index (χ3n) is 3.29. The fourth-order valence-electron chi connectivity index (χ4n) is 2.25. The molecule has 1 atom stereocenters. The number of carbonyl (C=O) groups excluding carboxylic acids is 3. The highest BCUT2D eigenvalue weighted by Gasteiger charge is 2.35. The standard InChI is InChI=1S/C14H14Cl2N2O4/c1-22-12(19)7-11-13(20)17-2-3-18(11)14(21)8-4-9(15)6-10(16)5-8/h4-6,11H,2-3,7H2,1H3,(H,17,20). The summed E-state index contributed by atoms with van der Waals surface area (Å²) in [6.07, 6.45) is -0.206. The molecule has 1 aromatic carbocycles. The summed E-state index contributed by atoms with van der Waals surface area (Å²) in [4.78, 5) is 37.4. The average molecular weight is 345 g/mol. The van der Waals surface area contributed by atoms with Gasteiger partial charge in [0.15, 0.2) is 0 Å². The Morgan fingerprint density at radius 1 is 1.32 bits per heavy atom. The average Bonchev–Trinajstić information content (AvgIpc) is 2.47. The van der Waals surface area contributed by atoms with Crippen LogP contribution in [-0.2, 0) is 14.3 Å². The molecule has 22 heavy (non-hydrogen) atoms. The molecule has 6 nitrogen and oxygen atoms in total. The van der Waals surface area contributed by atoms with Crippen LogP contribution in [0.4, 0.5) is 0 Å². The van der Waals surface area contributed by atoms with Gasteiger partial charge in [-0.15, -0.1) is 0 Å². The minimum absolute atomic E-state index is 0.206. The summed E-state index contributed by atoms with van der Waals surface area (Å²) in [5.74, 6) is -1.37. The number of methoxy groups -OCH3 is 1. The molecule has 1 fully saturated rings. The van der Waals surface area contributed by atoms with Gasteiger partial charge in [-0.25, -0.2) is 0 Å². The van der Waals surface area contributed by atoms with Gasteiger partial charge in [0.2, 0.25) is 5.91 Å². The van der Waals surface area contributed by atoms with Gasteiger partial charge in [-0.1, -0.05) is 23.2 Å². The lowest BCUT2D eigenvalue weighted by Crippen LogP contribution is -2.57. The van der Waals surface area contributed by atoms with Crippen LogP contribution in [0.15, 0.2) is 18.2 Å². The van der Waals surface area contributed by atoms with Crippen molar-refractivity contribution in [2.24, 2.45) is 0 Å². The first kappa shape index (κ1) is 16.6. The van der Waals surface area contributed by atoms with E-state index in [-0.39, 0.29) is 18.5 Å². The van der Waals surface area contributed by atoms with E-state index < -0.39 is 23.8 Å². The normalized spacial score (nSPS) is 17.9. The summed E-state index contributed by atoms with van der Waals surface area (Å²) in [6, 6.07) is 3.54. The van der Waals surface area contributed by atoms with Gasteiger partial charge in [0, 0.05) is 28.7 Å². The molecule has 2 amide bonds. The van der Waals surface area contributed by atoms with Crippen molar-refractivity contribution in [1.82, 2.24) is 10.2 Å². The van der Waals surface area contributed by atoms with Crippen LogP contribution in [0.1, 0.15) is 16.8 Å². The first-order chi connectivity index (χ1) is 10.4. The van der Waals surface area contributed by atoms with Crippen LogP contribution in [-0.4, -0.2) is 48.9 Å². The van der Waals surface area contributed by atoms with Gasteiger partial charge in [-0.3, -0.25) is 14.4 Å². The number of benzene rings is 1. The maximum Gasteiger partial charge on any atom is 0.308 e. The van der Waals surface area contributed by atoms with Gasteiger partial charge in [-0.2, -0.15) is 0 Å². The van der Waals surface area contributed by atoms with Crippen LogP contribution >= 0.6 is 23.2 Å². The van der Waals surface area contributed by atoms with Crippen LogP contribution in [0.3, 0.4) is 0 Å². The molecule has 1 aromatic rings. The highest BCUT2D eigenvalue weighted by Crippen LogP contribution is 2.22. The molecule has 1 N–H and O–H groups in total. The number of halogens is 2. The second-order valence-electron chi connectivity index (χ2n) is 4.74.